The number of hydrogen-bond donors (Lipinski definition) is 1. The molecule has 1 saturated carbocycles. The molecule has 2 aliphatic rings. The second-order valence-corrected chi connectivity index (χ2v) is 9.62. The summed E-state index contributed by atoms with van der Waals surface area (Å²) in [6, 6.07) is 12.4. The van der Waals surface area contributed by atoms with E-state index in [1.54, 1.807) is 31.4 Å². The molecule has 7 heteroatoms. The first-order valence-electron chi connectivity index (χ1n) is 9.97. The Morgan fingerprint density at radius 1 is 1.21 bits per heavy atom. The fraction of sp³-hybridized carbons (Fsp3) is 0.409. The summed E-state index contributed by atoms with van der Waals surface area (Å²) < 4.78 is 33.4. The van der Waals surface area contributed by atoms with E-state index in [0.717, 1.165) is 36.1 Å². The van der Waals surface area contributed by atoms with Crippen LogP contribution in [0.15, 0.2) is 47.4 Å². The van der Waals surface area contributed by atoms with Crippen molar-refractivity contribution in [2.24, 2.45) is 5.92 Å². The second-order valence-electron chi connectivity index (χ2n) is 7.86. The van der Waals surface area contributed by atoms with Crippen LogP contribution in [0.3, 0.4) is 0 Å². The van der Waals surface area contributed by atoms with Crippen molar-refractivity contribution in [3.63, 3.8) is 0 Å². The van der Waals surface area contributed by atoms with Crippen LogP contribution in [0.2, 0.25) is 0 Å². The molecule has 0 saturated heterocycles. The Kier molecular flexibility index (Phi) is 5.36. The first-order valence-corrected chi connectivity index (χ1v) is 11.5. The number of fused-ring (bicyclic) bond motifs is 1. The zero-order chi connectivity index (χ0) is 20.6. The fourth-order valence-electron chi connectivity index (χ4n) is 4.01. The van der Waals surface area contributed by atoms with E-state index in [4.69, 9.17) is 4.74 Å². The monoisotopic (exact) mass is 414 g/mol. The molecule has 1 fully saturated rings. The molecule has 154 valence electrons. The van der Waals surface area contributed by atoms with Crippen LogP contribution < -0.4 is 14.4 Å². The summed E-state index contributed by atoms with van der Waals surface area (Å²) >= 11 is 0. The Balaban J connectivity index is 1.52. The minimum Gasteiger partial charge on any atom is -0.497 e. The van der Waals surface area contributed by atoms with Crippen molar-refractivity contribution < 1.29 is 17.9 Å². The Hall–Kier alpha value is -2.38. The van der Waals surface area contributed by atoms with Gasteiger partial charge in [0, 0.05) is 24.2 Å². The number of carbonyl (C=O) groups excluding carboxylic acids is 1. The lowest BCUT2D eigenvalue weighted by Gasteiger charge is -2.32. The van der Waals surface area contributed by atoms with Crippen molar-refractivity contribution in [2.75, 3.05) is 12.0 Å². The molecule has 1 aliphatic carbocycles. The summed E-state index contributed by atoms with van der Waals surface area (Å²) in [4.78, 5) is 14.9. The highest BCUT2D eigenvalue weighted by Gasteiger charge is 2.37. The number of sulfonamides is 1. The molecule has 4 rings (SSSR count). The Morgan fingerprint density at radius 2 is 2.00 bits per heavy atom. The molecular weight excluding hydrogens is 388 g/mol. The molecule has 0 spiro atoms. The minimum atomic E-state index is -3.66. The smallest absolute Gasteiger partial charge is 0.240 e. The fourth-order valence-corrected chi connectivity index (χ4v) is 5.07. The first-order chi connectivity index (χ1) is 13.9. The lowest BCUT2D eigenvalue weighted by atomic mass is 9.84. The van der Waals surface area contributed by atoms with Gasteiger partial charge in [-0.3, -0.25) is 4.79 Å². The molecule has 0 radical (unpaired) electrons. The Labute approximate surface area is 171 Å². The lowest BCUT2D eigenvalue weighted by molar-refractivity contribution is -0.125. The Morgan fingerprint density at radius 3 is 2.69 bits per heavy atom. The number of benzene rings is 2. The molecule has 6 nitrogen and oxygen atoms in total. The van der Waals surface area contributed by atoms with Crippen molar-refractivity contribution >= 4 is 21.6 Å². The molecule has 1 atom stereocenters. The van der Waals surface area contributed by atoms with Gasteiger partial charge in [0.2, 0.25) is 15.9 Å². The molecule has 1 N–H and O–H groups in total. The van der Waals surface area contributed by atoms with Gasteiger partial charge < -0.3 is 9.64 Å². The summed E-state index contributed by atoms with van der Waals surface area (Å²) in [5, 5.41) is 0. The van der Waals surface area contributed by atoms with E-state index < -0.39 is 10.0 Å². The maximum atomic E-state index is 12.8. The van der Waals surface area contributed by atoms with Gasteiger partial charge in [-0.2, -0.15) is 0 Å². The number of anilines is 1. The van der Waals surface area contributed by atoms with Gasteiger partial charge in [-0.25, -0.2) is 13.1 Å². The third-order valence-electron chi connectivity index (χ3n) is 5.87. The SMILES string of the molecule is COc1cccc(CNS(=O)(=O)c2ccc3c(c2)C[C@H](C)N3C(=O)C2CCC2)c1. The van der Waals surface area contributed by atoms with Gasteiger partial charge in [0.15, 0.2) is 0 Å². The van der Waals surface area contributed by atoms with Crippen molar-refractivity contribution in [3.05, 3.63) is 53.6 Å². The standard InChI is InChI=1S/C22H26N2O4S/c1-15-11-18-13-20(9-10-21(18)24(15)22(25)17-6-4-7-17)29(26,27)23-14-16-5-3-8-19(12-16)28-2/h3,5,8-10,12-13,15,17,23H,4,6-7,11,14H2,1-2H3/t15-/m0/s1. The number of ether oxygens (including phenoxy) is 1. The molecule has 1 heterocycles. The first kappa shape index (κ1) is 19.9. The van der Waals surface area contributed by atoms with Gasteiger partial charge in [0.05, 0.1) is 12.0 Å². The number of methoxy groups -OCH3 is 1. The van der Waals surface area contributed by atoms with E-state index in [-0.39, 0.29) is 29.3 Å². The number of nitrogens with zero attached hydrogens (tertiary/aromatic N) is 1. The second kappa shape index (κ2) is 7.80. The van der Waals surface area contributed by atoms with Crippen molar-refractivity contribution in [1.29, 1.82) is 0 Å². The van der Waals surface area contributed by atoms with Gasteiger partial charge in [-0.15, -0.1) is 0 Å². The molecule has 1 amide bonds. The molecule has 0 unspecified atom stereocenters. The molecule has 1 aliphatic heterocycles. The lowest BCUT2D eigenvalue weighted by Crippen LogP contribution is -2.42. The van der Waals surface area contributed by atoms with Crippen LogP contribution in [0.5, 0.6) is 5.75 Å². The van der Waals surface area contributed by atoms with E-state index in [1.165, 1.54) is 0 Å². The maximum Gasteiger partial charge on any atom is 0.240 e. The van der Waals surface area contributed by atoms with Crippen LogP contribution >= 0.6 is 0 Å². The van der Waals surface area contributed by atoms with Gasteiger partial charge in [0.25, 0.3) is 0 Å². The van der Waals surface area contributed by atoms with Crippen LogP contribution in [0, 0.1) is 5.92 Å². The van der Waals surface area contributed by atoms with Crippen LogP contribution in [0.25, 0.3) is 0 Å². The van der Waals surface area contributed by atoms with E-state index in [2.05, 4.69) is 4.72 Å². The maximum absolute atomic E-state index is 12.8. The van der Waals surface area contributed by atoms with Crippen LogP contribution in [0.4, 0.5) is 5.69 Å². The van der Waals surface area contributed by atoms with Gasteiger partial charge in [-0.1, -0.05) is 18.6 Å². The van der Waals surface area contributed by atoms with E-state index in [1.807, 2.05) is 30.0 Å². The normalized spacial score (nSPS) is 19.0. The summed E-state index contributed by atoms with van der Waals surface area (Å²) in [6.07, 6.45) is 3.70. The molecule has 2 aromatic carbocycles. The summed E-state index contributed by atoms with van der Waals surface area (Å²) in [7, 11) is -2.08. The molecule has 0 bridgehead atoms. The van der Waals surface area contributed by atoms with E-state index in [9.17, 15) is 13.2 Å². The van der Waals surface area contributed by atoms with Gasteiger partial charge >= 0.3 is 0 Å². The number of hydrogen-bond acceptors (Lipinski definition) is 4. The van der Waals surface area contributed by atoms with E-state index >= 15 is 0 Å². The van der Waals surface area contributed by atoms with Gasteiger partial charge in [-0.05, 0) is 67.6 Å². The molecule has 2 aromatic rings. The molecule has 29 heavy (non-hydrogen) atoms. The Bertz CT molecular complexity index is 1030. The summed E-state index contributed by atoms with van der Waals surface area (Å²) in [6.45, 7) is 2.20. The predicted octanol–water partition coefficient (Wildman–Crippen LogP) is 3.25. The number of rotatable bonds is 6. The number of nitrogens with one attached hydrogen (secondary N) is 1. The average molecular weight is 415 g/mol. The third kappa shape index (κ3) is 3.89. The summed E-state index contributed by atoms with van der Waals surface area (Å²) in [5.74, 6) is 0.982. The highest BCUT2D eigenvalue weighted by atomic mass is 32.2. The highest BCUT2D eigenvalue weighted by Crippen LogP contribution is 2.38. The van der Waals surface area contributed by atoms with Crippen molar-refractivity contribution in [2.45, 2.75) is 50.1 Å². The van der Waals surface area contributed by atoms with E-state index in [0.29, 0.717) is 12.2 Å². The quantitative estimate of drug-likeness (QED) is 0.787. The minimum absolute atomic E-state index is 0.0563. The van der Waals surface area contributed by atoms with Crippen molar-refractivity contribution in [1.82, 2.24) is 4.72 Å². The zero-order valence-corrected chi connectivity index (χ0v) is 17.5. The highest BCUT2D eigenvalue weighted by molar-refractivity contribution is 7.89. The number of carbonyl (C=O) groups is 1. The average Bonchev–Trinajstić information content (AvgIpc) is 3.00. The van der Waals surface area contributed by atoms with Crippen molar-refractivity contribution in [3.8, 4) is 5.75 Å². The van der Waals surface area contributed by atoms with Crippen LogP contribution in [0.1, 0.15) is 37.3 Å². The van der Waals surface area contributed by atoms with Crippen LogP contribution in [-0.2, 0) is 27.8 Å². The zero-order valence-electron chi connectivity index (χ0n) is 16.7. The molecule has 0 aromatic heterocycles. The largest absolute Gasteiger partial charge is 0.497 e. The van der Waals surface area contributed by atoms with Gasteiger partial charge in [0.1, 0.15) is 5.75 Å². The summed E-state index contributed by atoms with van der Waals surface area (Å²) in [5.41, 5.74) is 2.58. The van der Waals surface area contributed by atoms with Crippen LogP contribution in [-0.4, -0.2) is 27.5 Å². The molecular formula is C22H26N2O4S. The third-order valence-corrected chi connectivity index (χ3v) is 7.27. The number of amides is 1. The topological polar surface area (TPSA) is 75.7 Å². The predicted molar refractivity (Wildman–Crippen MR) is 111 cm³/mol.